The Labute approximate surface area is 129 Å². The zero-order valence-corrected chi connectivity index (χ0v) is 12.4. The summed E-state index contributed by atoms with van der Waals surface area (Å²) in [5.74, 6) is -0.796. The molecule has 0 aliphatic carbocycles. The Hall–Kier alpha value is -2.27. The molecule has 108 valence electrons. The second-order valence-electron chi connectivity index (χ2n) is 4.61. The first kappa shape index (κ1) is 15.1. The van der Waals surface area contributed by atoms with Crippen LogP contribution in [0.4, 0.5) is 0 Å². The number of carbonyl (C=O) groups excluding carboxylic acids is 2. The Morgan fingerprint density at radius 3 is 2.62 bits per heavy atom. The lowest BCUT2D eigenvalue weighted by molar-refractivity contribution is -0.128. The fourth-order valence-corrected chi connectivity index (χ4v) is 2.32. The second kappa shape index (κ2) is 6.95. The molecule has 0 spiro atoms. The summed E-state index contributed by atoms with van der Waals surface area (Å²) in [7, 11) is 0. The van der Waals surface area contributed by atoms with Crippen molar-refractivity contribution in [2.75, 3.05) is 6.54 Å². The number of aryl methyl sites for hydroxylation is 1. The van der Waals surface area contributed by atoms with Crippen LogP contribution in [0, 0.1) is 0 Å². The molecule has 1 fully saturated rings. The van der Waals surface area contributed by atoms with Crippen molar-refractivity contribution in [3.05, 3.63) is 60.2 Å². The number of amides is 2. The molecule has 1 aromatic rings. The van der Waals surface area contributed by atoms with Gasteiger partial charge in [-0.2, -0.15) is 0 Å². The van der Waals surface area contributed by atoms with Gasteiger partial charge in [0, 0.05) is 6.54 Å². The predicted octanol–water partition coefficient (Wildman–Crippen LogP) is 1.97. The Kier molecular flexibility index (Phi) is 5.00. The lowest BCUT2D eigenvalue weighted by atomic mass is 10.1. The molecular formula is C16H16N2O2S. The number of nitrogens with zero attached hydrogens (tertiary/aromatic N) is 1. The third kappa shape index (κ3) is 3.64. The molecule has 1 N–H and O–H groups in total. The first-order valence-corrected chi connectivity index (χ1v) is 7.06. The van der Waals surface area contributed by atoms with Crippen LogP contribution >= 0.6 is 12.2 Å². The van der Waals surface area contributed by atoms with E-state index in [2.05, 4.69) is 11.9 Å². The van der Waals surface area contributed by atoms with Crippen LogP contribution in [0.15, 0.2) is 54.6 Å². The number of benzene rings is 1. The molecule has 21 heavy (non-hydrogen) atoms. The number of allylic oxidation sites excluding steroid dienone is 1. The van der Waals surface area contributed by atoms with Crippen molar-refractivity contribution >= 4 is 29.1 Å². The molecular weight excluding hydrogens is 284 g/mol. The van der Waals surface area contributed by atoms with E-state index >= 15 is 0 Å². The number of hydrogen-bond acceptors (Lipinski definition) is 3. The molecule has 5 heteroatoms. The molecule has 1 aliphatic rings. The maximum absolute atomic E-state index is 12.2. The maximum Gasteiger partial charge on any atom is 0.265 e. The first-order valence-electron chi connectivity index (χ1n) is 6.65. The molecule has 1 saturated heterocycles. The van der Waals surface area contributed by atoms with Gasteiger partial charge in [0.2, 0.25) is 0 Å². The van der Waals surface area contributed by atoms with E-state index in [1.54, 1.807) is 12.2 Å². The molecule has 1 aliphatic heterocycles. The molecule has 1 heterocycles. The van der Waals surface area contributed by atoms with E-state index in [-0.39, 0.29) is 23.1 Å². The highest BCUT2D eigenvalue weighted by atomic mass is 32.1. The van der Waals surface area contributed by atoms with Crippen LogP contribution in [0.1, 0.15) is 12.0 Å². The Morgan fingerprint density at radius 1 is 1.24 bits per heavy atom. The van der Waals surface area contributed by atoms with Gasteiger partial charge >= 0.3 is 0 Å². The highest BCUT2D eigenvalue weighted by molar-refractivity contribution is 7.80. The minimum atomic E-state index is -0.432. The van der Waals surface area contributed by atoms with E-state index < -0.39 is 5.91 Å². The number of hydrogen-bond donors (Lipinski definition) is 1. The highest BCUT2D eigenvalue weighted by Crippen LogP contribution is 2.12. The van der Waals surface area contributed by atoms with Crippen LogP contribution in [0.2, 0.25) is 0 Å². The van der Waals surface area contributed by atoms with E-state index in [9.17, 15) is 9.59 Å². The van der Waals surface area contributed by atoms with Crippen molar-refractivity contribution in [1.29, 1.82) is 0 Å². The van der Waals surface area contributed by atoms with Gasteiger partial charge in [0.15, 0.2) is 5.11 Å². The molecule has 0 bridgehead atoms. The minimum absolute atomic E-state index is 0.130. The third-order valence-corrected chi connectivity index (χ3v) is 3.44. The topological polar surface area (TPSA) is 49.4 Å². The lowest BCUT2D eigenvalue weighted by Crippen LogP contribution is -2.53. The molecule has 2 rings (SSSR count). The fraction of sp³-hybridized carbons (Fsp3) is 0.188. The van der Waals surface area contributed by atoms with Crippen molar-refractivity contribution in [2.45, 2.75) is 12.8 Å². The average Bonchev–Trinajstić information content (AvgIpc) is 2.48. The Balaban J connectivity index is 2.07. The largest absolute Gasteiger partial charge is 0.298 e. The number of rotatable bonds is 5. The molecule has 0 saturated carbocycles. The van der Waals surface area contributed by atoms with Crippen LogP contribution in [0.5, 0.6) is 0 Å². The van der Waals surface area contributed by atoms with Gasteiger partial charge in [0.1, 0.15) is 5.57 Å². The van der Waals surface area contributed by atoms with Gasteiger partial charge in [0.25, 0.3) is 11.8 Å². The van der Waals surface area contributed by atoms with Crippen molar-refractivity contribution in [1.82, 2.24) is 10.2 Å². The molecule has 0 atom stereocenters. The van der Waals surface area contributed by atoms with Crippen LogP contribution in [-0.2, 0) is 16.0 Å². The number of nitrogens with one attached hydrogen (secondary N) is 1. The maximum atomic E-state index is 12.2. The smallest absolute Gasteiger partial charge is 0.265 e. The van der Waals surface area contributed by atoms with Gasteiger partial charge in [-0.3, -0.25) is 19.8 Å². The van der Waals surface area contributed by atoms with Gasteiger partial charge in [-0.15, -0.1) is 6.58 Å². The van der Waals surface area contributed by atoms with Crippen LogP contribution in [0.3, 0.4) is 0 Å². The Bertz CT molecular complexity index is 608. The minimum Gasteiger partial charge on any atom is -0.298 e. The third-order valence-electron chi connectivity index (χ3n) is 3.12. The summed E-state index contributed by atoms with van der Waals surface area (Å²) >= 11 is 4.99. The van der Waals surface area contributed by atoms with Crippen LogP contribution < -0.4 is 5.32 Å². The molecule has 2 amide bonds. The number of carbonyl (C=O) groups is 2. The van der Waals surface area contributed by atoms with Crippen molar-refractivity contribution in [3.8, 4) is 0 Å². The predicted molar refractivity (Wildman–Crippen MR) is 85.5 cm³/mol. The molecule has 1 aromatic carbocycles. The van der Waals surface area contributed by atoms with E-state index in [0.717, 1.165) is 12.0 Å². The summed E-state index contributed by atoms with van der Waals surface area (Å²) in [5.41, 5.74) is 1.30. The quantitative estimate of drug-likeness (QED) is 0.391. The van der Waals surface area contributed by atoms with Crippen molar-refractivity contribution in [3.63, 3.8) is 0 Å². The number of thiocarbonyl (C=S) groups is 1. The summed E-state index contributed by atoms with van der Waals surface area (Å²) in [6.07, 6.45) is 4.63. The zero-order valence-electron chi connectivity index (χ0n) is 11.5. The average molecular weight is 300 g/mol. The highest BCUT2D eigenvalue weighted by Gasteiger charge is 2.32. The molecule has 0 radical (unpaired) electrons. The van der Waals surface area contributed by atoms with Crippen molar-refractivity contribution in [2.24, 2.45) is 0 Å². The van der Waals surface area contributed by atoms with Crippen LogP contribution in [-0.4, -0.2) is 28.4 Å². The SMILES string of the molecule is C=CCN1C(=O)/C(=C/CCc2ccccc2)C(=O)NC1=S. The molecule has 4 nitrogen and oxygen atoms in total. The Morgan fingerprint density at radius 2 is 1.95 bits per heavy atom. The zero-order chi connectivity index (χ0) is 15.2. The van der Waals surface area contributed by atoms with E-state index in [1.807, 2.05) is 30.3 Å². The summed E-state index contributed by atoms with van der Waals surface area (Å²) in [5, 5.41) is 2.65. The van der Waals surface area contributed by atoms with Gasteiger partial charge in [-0.1, -0.05) is 42.5 Å². The van der Waals surface area contributed by atoms with E-state index in [0.29, 0.717) is 6.42 Å². The van der Waals surface area contributed by atoms with E-state index in [1.165, 1.54) is 4.90 Å². The molecule has 0 unspecified atom stereocenters. The van der Waals surface area contributed by atoms with Gasteiger partial charge in [-0.25, -0.2) is 0 Å². The standard InChI is InChI=1S/C16H16N2O2S/c1-2-11-18-15(20)13(14(19)17-16(18)21)10-6-9-12-7-4-3-5-8-12/h2-5,7-8,10H,1,6,9,11H2,(H,17,19,21)/b13-10+. The fourth-order valence-electron chi connectivity index (χ4n) is 2.07. The monoisotopic (exact) mass is 300 g/mol. The second-order valence-corrected chi connectivity index (χ2v) is 4.99. The normalized spacial score (nSPS) is 17.0. The van der Waals surface area contributed by atoms with E-state index in [4.69, 9.17) is 12.2 Å². The lowest BCUT2D eigenvalue weighted by Gasteiger charge is -2.27. The van der Waals surface area contributed by atoms with Crippen LogP contribution in [0.25, 0.3) is 0 Å². The van der Waals surface area contributed by atoms with Crippen molar-refractivity contribution < 1.29 is 9.59 Å². The molecule has 0 aromatic heterocycles. The van der Waals surface area contributed by atoms with Gasteiger partial charge in [0.05, 0.1) is 0 Å². The summed E-state index contributed by atoms with van der Waals surface area (Å²) < 4.78 is 0. The summed E-state index contributed by atoms with van der Waals surface area (Å²) in [6, 6.07) is 9.91. The van der Waals surface area contributed by atoms with Gasteiger partial charge < -0.3 is 0 Å². The summed E-state index contributed by atoms with van der Waals surface area (Å²) in [4.78, 5) is 25.4. The first-order chi connectivity index (χ1) is 10.1. The van der Waals surface area contributed by atoms with Gasteiger partial charge in [-0.05, 0) is 30.6 Å². The summed E-state index contributed by atoms with van der Waals surface area (Å²) in [6.45, 7) is 3.87.